The highest BCUT2D eigenvalue weighted by atomic mass is 79.9. The van der Waals surface area contributed by atoms with E-state index in [0.717, 1.165) is 0 Å². The standard InChI is InChI=1S/C12H26BrOS/c1-5-7-9-11(13)12(10-8-6-2)14-15(3)4/h11-12H,5-10H2,1-4H3/q+1/t11-,12-/m1/s1. The molecule has 1 nitrogen and oxygen atoms in total. The van der Waals surface area contributed by atoms with Crippen LogP contribution in [0.3, 0.4) is 0 Å². The number of unbranched alkanes of at least 4 members (excludes halogenated alkanes) is 2. The van der Waals surface area contributed by atoms with Crippen LogP contribution in [-0.2, 0) is 15.4 Å². The van der Waals surface area contributed by atoms with Crippen LogP contribution in [0.25, 0.3) is 0 Å². The molecule has 0 heterocycles. The largest absolute Gasteiger partial charge is 0.170 e. The molecule has 0 unspecified atom stereocenters. The van der Waals surface area contributed by atoms with E-state index >= 15 is 0 Å². The second-order valence-corrected chi connectivity index (χ2v) is 7.03. The fraction of sp³-hybridized carbons (Fsp3) is 1.00. The maximum atomic E-state index is 5.99. The van der Waals surface area contributed by atoms with Gasteiger partial charge in [0.05, 0.1) is 0 Å². The highest BCUT2D eigenvalue weighted by Crippen LogP contribution is 2.22. The minimum atomic E-state index is 0.0948. The highest BCUT2D eigenvalue weighted by molar-refractivity contribution is 9.09. The SMILES string of the molecule is CCCC[C@@H](Br)[C@@H](CCCC)O[S+](C)C. The van der Waals surface area contributed by atoms with Gasteiger partial charge in [0.15, 0.2) is 0 Å². The van der Waals surface area contributed by atoms with E-state index in [0.29, 0.717) is 10.9 Å². The van der Waals surface area contributed by atoms with Crippen LogP contribution in [0.2, 0.25) is 0 Å². The van der Waals surface area contributed by atoms with Gasteiger partial charge in [0.1, 0.15) is 29.8 Å². The molecular weight excluding hydrogens is 272 g/mol. The summed E-state index contributed by atoms with van der Waals surface area (Å²) in [7, 11) is 0. The molecule has 0 aliphatic rings. The van der Waals surface area contributed by atoms with Crippen LogP contribution in [0.15, 0.2) is 0 Å². The zero-order valence-electron chi connectivity index (χ0n) is 10.6. The summed E-state index contributed by atoms with van der Waals surface area (Å²) < 4.78 is 5.99. The fourth-order valence-electron chi connectivity index (χ4n) is 1.53. The minimum Gasteiger partial charge on any atom is -0.170 e. The molecule has 2 atom stereocenters. The van der Waals surface area contributed by atoms with Gasteiger partial charge in [-0.2, -0.15) is 4.18 Å². The zero-order valence-corrected chi connectivity index (χ0v) is 13.0. The van der Waals surface area contributed by atoms with Crippen LogP contribution < -0.4 is 0 Å². The van der Waals surface area contributed by atoms with Gasteiger partial charge in [-0.25, -0.2) is 0 Å². The summed E-state index contributed by atoms with van der Waals surface area (Å²) >= 11 is 3.88. The van der Waals surface area contributed by atoms with Crippen LogP contribution in [-0.4, -0.2) is 23.4 Å². The molecule has 0 aliphatic carbocycles. The Kier molecular flexibility index (Phi) is 10.5. The molecule has 15 heavy (non-hydrogen) atoms. The molecule has 0 bridgehead atoms. The van der Waals surface area contributed by atoms with Crippen molar-refractivity contribution in [2.75, 3.05) is 12.5 Å². The Hall–Kier alpha value is 0.790. The minimum absolute atomic E-state index is 0.0948. The van der Waals surface area contributed by atoms with Gasteiger partial charge in [0, 0.05) is 4.83 Å². The van der Waals surface area contributed by atoms with Crippen molar-refractivity contribution in [3.8, 4) is 0 Å². The first-order valence-corrected chi connectivity index (χ1v) is 8.88. The molecule has 3 heteroatoms. The lowest BCUT2D eigenvalue weighted by atomic mass is 10.1. The first-order chi connectivity index (χ1) is 7.11. The van der Waals surface area contributed by atoms with Crippen LogP contribution >= 0.6 is 15.9 Å². The average Bonchev–Trinajstić information content (AvgIpc) is 2.20. The molecule has 0 saturated heterocycles. The molecule has 0 aromatic heterocycles. The number of halogens is 1. The van der Waals surface area contributed by atoms with Crippen LogP contribution in [0.5, 0.6) is 0 Å². The average molecular weight is 298 g/mol. The lowest BCUT2D eigenvalue weighted by Gasteiger charge is -2.19. The van der Waals surface area contributed by atoms with Gasteiger partial charge >= 0.3 is 0 Å². The predicted octanol–water partition coefficient (Wildman–Crippen LogP) is 4.31. The number of alkyl halides is 1. The predicted molar refractivity (Wildman–Crippen MR) is 75.9 cm³/mol. The third-order valence-corrected chi connectivity index (χ3v) is 4.07. The van der Waals surface area contributed by atoms with Gasteiger partial charge in [-0.1, -0.05) is 55.5 Å². The number of hydrogen-bond acceptors (Lipinski definition) is 1. The maximum Gasteiger partial charge on any atom is 0.141 e. The molecule has 92 valence electrons. The van der Waals surface area contributed by atoms with E-state index in [1.807, 2.05) is 0 Å². The number of rotatable bonds is 9. The first-order valence-electron chi connectivity index (χ1n) is 6.00. The van der Waals surface area contributed by atoms with Crippen LogP contribution in [0.4, 0.5) is 0 Å². The van der Waals surface area contributed by atoms with Crippen LogP contribution in [0, 0.1) is 0 Å². The van der Waals surface area contributed by atoms with E-state index in [9.17, 15) is 0 Å². The monoisotopic (exact) mass is 297 g/mol. The molecule has 0 radical (unpaired) electrons. The van der Waals surface area contributed by atoms with Crippen molar-refractivity contribution in [1.29, 1.82) is 0 Å². The Balaban J connectivity index is 3.95. The Morgan fingerprint density at radius 2 is 1.60 bits per heavy atom. The van der Waals surface area contributed by atoms with Crippen molar-refractivity contribution in [2.24, 2.45) is 0 Å². The highest BCUT2D eigenvalue weighted by Gasteiger charge is 2.24. The second-order valence-electron chi connectivity index (χ2n) is 4.18. The van der Waals surface area contributed by atoms with Crippen molar-refractivity contribution in [3.05, 3.63) is 0 Å². The first kappa shape index (κ1) is 15.8. The molecule has 0 saturated carbocycles. The van der Waals surface area contributed by atoms with Crippen molar-refractivity contribution >= 4 is 27.1 Å². The zero-order chi connectivity index (χ0) is 11.7. The van der Waals surface area contributed by atoms with E-state index in [-0.39, 0.29) is 11.2 Å². The quantitative estimate of drug-likeness (QED) is 0.455. The van der Waals surface area contributed by atoms with Gasteiger partial charge < -0.3 is 0 Å². The molecule has 0 N–H and O–H groups in total. The van der Waals surface area contributed by atoms with Crippen molar-refractivity contribution < 1.29 is 4.18 Å². The third-order valence-electron chi connectivity index (χ3n) is 2.40. The maximum absolute atomic E-state index is 5.99. The van der Waals surface area contributed by atoms with E-state index in [1.54, 1.807) is 0 Å². The van der Waals surface area contributed by atoms with E-state index in [2.05, 4.69) is 42.3 Å². The smallest absolute Gasteiger partial charge is 0.141 e. The summed E-state index contributed by atoms with van der Waals surface area (Å²) in [5.74, 6) is 0. The van der Waals surface area contributed by atoms with Gasteiger partial charge in [-0.3, -0.25) is 0 Å². The normalized spacial score (nSPS) is 15.6. The van der Waals surface area contributed by atoms with E-state index < -0.39 is 0 Å². The Labute approximate surface area is 107 Å². The third kappa shape index (κ3) is 8.58. The van der Waals surface area contributed by atoms with Crippen molar-refractivity contribution in [1.82, 2.24) is 0 Å². The molecule has 0 aliphatic heterocycles. The summed E-state index contributed by atoms with van der Waals surface area (Å²) in [5, 5.41) is 0. The molecule has 0 spiro atoms. The summed E-state index contributed by atoms with van der Waals surface area (Å²) in [6.07, 6.45) is 12.2. The number of hydrogen-bond donors (Lipinski definition) is 0. The molecule has 0 aromatic rings. The Bertz CT molecular complexity index is 142. The fourth-order valence-corrected chi connectivity index (χ4v) is 3.09. The lowest BCUT2D eigenvalue weighted by molar-refractivity contribution is 0.211. The topological polar surface area (TPSA) is 9.23 Å². The van der Waals surface area contributed by atoms with Gasteiger partial charge in [-0.05, 0) is 12.8 Å². The summed E-state index contributed by atoms with van der Waals surface area (Å²) in [4.78, 5) is 0.541. The molecule has 0 aromatic carbocycles. The van der Waals surface area contributed by atoms with Crippen LogP contribution in [0.1, 0.15) is 52.4 Å². The lowest BCUT2D eigenvalue weighted by Crippen LogP contribution is -2.26. The van der Waals surface area contributed by atoms with E-state index in [4.69, 9.17) is 4.18 Å². The Morgan fingerprint density at radius 1 is 1.07 bits per heavy atom. The molecule has 0 rings (SSSR count). The summed E-state index contributed by atoms with van der Waals surface area (Å²) in [6.45, 7) is 4.48. The van der Waals surface area contributed by atoms with E-state index in [1.165, 1.54) is 38.5 Å². The summed E-state index contributed by atoms with van der Waals surface area (Å²) in [5.41, 5.74) is 0. The molecule has 0 amide bonds. The Morgan fingerprint density at radius 3 is 2.07 bits per heavy atom. The van der Waals surface area contributed by atoms with Crippen molar-refractivity contribution in [2.45, 2.75) is 63.3 Å². The van der Waals surface area contributed by atoms with Gasteiger partial charge in [0.25, 0.3) is 0 Å². The second kappa shape index (κ2) is 9.98. The van der Waals surface area contributed by atoms with Gasteiger partial charge in [-0.15, -0.1) is 0 Å². The summed E-state index contributed by atoms with van der Waals surface area (Å²) in [6, 6.07) is 0. The van der Waals surface area contributed by atoms with Crippen molar-refractivity contribution in [3.63, 3.8) is 0 Å². The molecule has 0 fully saturated rings. The van der Waals surface area contributed by atoms with Gasteiger partial charge in [0.2, 0.25) is 0 Å². The molecular formula is C12H26BrOS+.